The summed E-state index contributed by atoms with van der Waals surface area (Å²) in [4.78, 5) is 15.1. The van der Waals surface area contributed by atoms with Crippen molar-refractivity contribution < 1.29 is 9.13 Å². The van der Waals surface area contributed by atoms with Gasteiger partial charge in [0.2, 0.25) is 5.69 Å². The number of imidazole rings is 1. The Morgan fingerprint density at radius 1 is 1.20 bits per heavy atom. The molecule has 176 valence electrons. The smallest absolute Gasteiger partial charge is 0.222 e. The second kappa shape index (κ2) is 8.67. The second-order valence-corrected chi connectivity index (χ2v) is 9.20. The summed E-state index contributed by atoms with van der Waals surface area (Å²) in [5, 5.41) is 3.42. The number of halogens is 1. The number of ether oxygens (including phenoxy) is 1. The molecule has 2 aromatic carbocycles. The quantitative estimate of drug-likeness (QED) is 0.432. The second-order valence-electron chi connectivity index (χ2n) is 9.20. The Bertz CT molecular complexity index is 1470. The summed E-state index contributed by atoms with van der Waals surface area (Å²) in [6, 6.07) is 10.8. The SMILES string of the molecule is [C-]#[N+]c1ccc(-c2c(-c3ccc4c(c3)OCCN4C)ncc3c2ncn3C[C@H]2CCNC2)cc1F. The molecule has 0 radical (unpaired) electrons. The molecular weight excluding hydrogens is 443 g/mol. The van der Waals surface area contributed by atoms with Gasteiger partial charge in [-0.2, -0.15) is 0 Å². The highest BCUT2D eigenvalue weighted by Crippen LogP contribution is 2.41. The van der Waals surface area contributed by atoms with Gasteiger partial charge >= 0.3 is 0 Å². The minimum atomic E-state index is -0.549. The highest BCUT2D eigenvalue weighted by atomic mass is 19.1. The van der Waals surface area contributed by atoms with Crippen molar-refractivity contribution in [1.82, 2.24) is 19.9 Å². The van der Waals surface area contributed by atoms with Crippen LogP contribution >= 0.6 is 0 Å². The molecule has 0 amide bonds. The largest absolute Gasteiger partial charge is 0.490 e. The predicted octanol–water partition coefficient (Wildman–Crippen LogP) is 4.89. The number of anilines is 1. The zero-order valence-electron chi connectivity index (χ0n) is 19.5. The number of hydrogen-bond donors (Lipinski definition) is 1. The zero-order valence-corrected chi connectivity index (χ0v) is 19.5. The molecule has 0 spiro atoms. The maximum absolute atomic E-state index is 14.7. The fourth-order valence-electron chi connectivity index (χ4n) is 5.07. The molecule has 7 nitrogen and oxygen atoms in total. The van der Waals surface area contributed by atoms with Crippen LogP contribution in [0.15, 0.2) is 48.9 Å². The minimum absolute atomic E-state index is 0.0000788. The standard InChI is InChI=1S/C27H25FN6O/c1-29-21-5-3-18(11-20(21)28)25-26(19-4-6-22-24(12-19)35-10-9-33(22)2)31-14-23-27(25)32-16-34(23)15-17-7-8-30-13-17/h3-6,11-12,14,16-17,30H,7-10,13,15H2,2H3/t17-/m0/s1. The molecule has 0 unspecified atom stereocenters. The van der Waals surface area contributed by atoms with E-state index in [1.807, 2.05) is 37.8 Å². The molecule has 1 saturated heterocycles. The van der Waals surface area contributed by atoms with Gasteiger partial charge in [0.15, 0.2) is 0 Å². The molecule has 1 atom stereocenters. The fourth-order valence-corrected chi connectivity index (χ4v) is 5.07. The van der Waals surface area contributed by atoms with Crippen LogP contribution in [0, 0.1) is 18.3 Å². The number of fused-ring (bicyclic) bond motifs is 2. The number of nitrogens with zero attached hydrogens (tertiary/aromatic N) is 5. The van der Waals surface area contributed by atoms with E-state index in [0.29, 0.717) is 23.8 Å². The molecule has 4 aromatic rings. The van der Waals surface area contributed by atoms with Crippen molar-refractivity contribution in [3.8, 4) is 28.1 Å². The number of likely N-dealkylation sites (N-methyl/N-ethyl adjacent to an activating group) is 1. The fraction of sp³-hybridized carbons (Fsp3) is 0.296. The van der Waals surface area contributed by atoms with Crippen molar-refractivity contribution in [3.63, 3.8) is 0 Å². The van der Waals surface area contributed by atoms with Gasteiger partial charge in [0.25, 0.3) is 0 Å². The van der Waals surface area contributed by atoms with Gasteiger partial charge < -0.3 is 19.5 Å². The summed E-state index contributed by atoms with van der Waals surface area (Å²) < 4.78 is 22.8. The molecule has 0 bridgehead atoms. The van der Waals surface area contributed by atoms with E-state index < -0.39 is 5.82 Å². The molecule has 0 aliphatic carbocycles. The van der Waals surface area contributed by atoms with Gasteiger partial charge in [-0.05, 0) is 49.2 Å². The lowest BCUT2D eigenvalue weighted by molar-refractivity contribution is 0.311. The molecule has 6 rings (SSSR count). The number of hydrogen-bond acceptors (Lipinski definition) is 5. The van der Waals surface area contributed by atoms with Crippen LogP contribution in [0.4, 0.5) is 15.8 Å². The van der Waals surface area contributed by atoms with Gasteiger partial charge in [0, 0.05) is 24.7 Å². The Morgan fingerprint density at radius 3 is 2.89 bits per heavy atom. The van der Waals surface area contributed by atoms with Crippen molar-refractivity contribution in [3.05, 3.63) is 66.2 Å². The Kier molecular flexibility index (Phi) is 5.34. The normalized spacial score (nSPS) is 17.3. The molecule has 2 aliphatic heterocycles. The summed E-state index contributed by atoms with van der Waals surface area (Å²) >= 11 is 0. The zero-order chi connectivity index (χ0) is 23.9. The molecular formula is C27H25FN6O. The summed E-state index contributed by atoms with van der Waals surface area (Å²) in [5.41, 5.74) is 5.70. The van der Waals surface area contributed by atoms with E-state index in [1.54, 1.807) is 6.07 Å². The maximum atomic E-state index is 14.7. The number of rotatable bonds is 4. The van der Waals surface area contributed by atoms with Crippen LogP contribution in [0.5, 0.6) is 5.75 Å². The van der Waals surface area contributed by atoms with Crippen molar-refractivity contribution in [2.75, 3.05) is 38.2 Å². The number of nitrogens with one attached hydrogen (secondary N) is 1. The van der Waals surface area contributed by atoms with Crippen LogP contribution in [0.1, 0.15) is 6.42 Å². The highest BCUT2D eigenvalue weighted by molar-refractivity contribution is 5.99. The lowest BCUT2D eigenvalue weighted by Gasteiger charge is -2.28. The highest BCUT2D eigenvalue weighted by Gasteiger charge is 2.22. The summed E-state index contributed by atoms with van der Waals surface area (Å²) in [6.07, 6.45) is 4.84. The molecule has 0 saturated carbocycles. The third-order valence-electron chi connectivity index (χ3n) is 6.97. The average molecular weight is 469 g/mol. The van der Waals surface area contributed by atoms with E-state index in [-0.39, 0.29) is 5.69 Å². The Morgan fingerprint density at radius 2 is 2.09 bits per heavy atom. The topological polar surface area (TPSA) is 59.6 Å². The van der Waals surface area contributed by atoms with Crippen LogP contribution in [0.2, 0.25) is 0 Å². The molecule has 35 heavy (non-hydrogen) atoms. The average Bonchev–Trinajstić information content (AvgIpc) is 3.54. The Balaban J connectivity index is 1.53. The molecule has 8 heteroatoms. The summed E-state index contributed by atoms with van der Waals surface area (Å²) in [7, 11) is 2.05. The third kappa shape index (κ3) is 3.78. The van der Waals surface area contributed by atoms with E-state index in [0.717, 1.165) is 66.2 Å². The van der Waals surface area contributed by atoms with Gasteiger partial charge in [-0.15, -0.1) is 0 Å². The molecule has 2 aliphatic rings. The summed E-state index contributed by atoms with van der Waals surface area (Å²) in [6.45, 7) is 11.6. The third-order valence-corrected chi connectivity index (χ3v) is 6.97. The first kappa shape index (κ1) is 21.6. The van der Waals surface area contributed by atoms with Gasteiger partial charge in [-0.25, -0.2) is 14.2 Å². The number of pyridine rings is 1. The van der Waals surface area contributed by atoms with Crippen molar-refractivity contribution in [2.24, 2.45) is 5.92 Å². The van der Waals surface area contributed by atoms with E-state index in [4.69, 9.17) is 21.3 Å². The lowest BCUT2D eigenvalue weighted by Crippen LogP contribution is -2.28. The van der Waals surface area contributed by atoms with Crippen LogP contribution in [0.25, 0.3) is 38.3 Å². The Hall–Kier alpha value is -3.96. The Labute approximate surface area is 203 Å². The summed E-state index contributed by atoms with van der Waals surface area (Å²) in [5.74, 6) is 0.797. The van der Waals surface area contributed by atoms with Gasteiger partial charge in [0.1, 0.15) is 23.7 Å². The molecule has 1 N–H and O–H groups in total. The maximum Gasteiger partial charge on any atom is 0.222 e. The van der Waals surface area contributed by atoms with Crippen LogP contribution in [0.3, 0.4) is 0 Å². The van der Waals surface area contributed by atoms with E-state index in [1.165, 1.54) is 12.1 Å². The van der Waals surface area contributed by atoms with E-state index in [9.17, 15) is 4.39 Å². The van der Waals surface area contributed by atoms with Crippen molar-refractivity contribution >= 4 is 22.4 Å². The number of aromatic nitrogens is 3. The van der Waals surface area contributed by atoms with E-state index >= 15 is 0 Å². The van der Waals surface area contributed by atoms with Crippen LogP contribution in [-0.2, 0) is 6.54 Å². The first-order valence-electron chi connectivity index (χ1n) is 11.8. The van der Waals surface area contributed by atoms with Crippen LogP contribution in [-0.4, -0.2) is 47.8 Å². The monoisotopic (exact) mass is 468 g/mol. The lowest BCUT2D eigenvalue weighted by atomic mass is 9.97. The molecule has 1 fully saturated rings. The van der Waals surface area contributed by atoms with Crippen LogP contribution < -0.4 is 15.0 Å². The molecule has 4 heterocycles. The van der Waals surface area contributed by atoms with Gasteiger partial charge in [-0.1, -0.05) is 18.2 Å². The first-order chi connectivity index (χ1) is 17.1. The minimum Gasteiger partial charge on any atom is -0.490 e. The molecule has 2 aromatic heterocycles. The van der Waals surface area contributed by atoms with Crippen molar-refractivity contribution in [1.29, 1.82) is 0 Å². The van der Waals surface area contributed by atoms with Gasteiger partial charge in [0.05, 0.1) is 42.5 Å². The predicted molar refractivity (Wildman–Crippen MR) is 134 cm³/mol. The van der Waals surface area contributed by atoms with Gasteiger partial charge in [-0.3, -0.25) is 4.98 Å². The number of benzene rings is 2. The first-order valence-corrected chi connectivity index (χ1v) is 11.8. The van der Waals surface area contributed by atoms with Crippen molar-refractivity contribution in [2.45, 2.75) is 13.0 Å². The van der Waals surface area contributed by atoms with E-state index in [2.05, 4.69) is 19.6 Å².